The van der Waals surface area contributed by atoms with Crippen molar-refractivity contribution in [1.29, 1.82) is 0 Å². The number of hydrogen-bond donors (Lipinski definition) is 0. The molecule has 0 bridgehead atoms. The van der Waals surface area contributed by atoms with Crippen LogP contribution < -0.4 is 0 Å². The maximum atomic E-state index is 11.7. The number of amides is 1. The number of carbonyl (C=O) groups is 1. The standard InChI is InChI=1S/C10H17NO4/c1-10(2,3)15-9(12)11-4-7-8(5-11)14-6-13-7/h7-8H,4-6H2,1-3H3. The Morgan fingerprint density at radius 2 is 1.80 bits per heavy atom. The first kappa shape index (κ1) is 10.7. The molecule has 2 aliphatic heterocycles. The van der Waals surface area contributed by atoms with Crippen LogP contribution in [0.15, 0.2) is 0 Å². The third kappa shape index (κ3) is 2.41. The zero-order valence-electron chi connectivity index (χ0n) is 9.36. The van der Waals surface area contributed by atoms with Gasteiger partial charge in [0.15, 0.2) is 0 Å². The highest BCUT2D eigenvalue weighted by molar-refractivity contribution is 5.68. The van der Waals surface area contributed by atoms with Gasteiger partial charge in [-0.1, -0.05) is 0 Å². The van der Waals surface area contributed by atoms with Gasteiger partial charge in [0.25, 0.3) is 0 Å². The van der Waals surface area contributed by atoms with Crippen molar-refractivity contribution in [3.8, 4) is 0 Å². The second kappa shape index (κ2) is 3.64. The molecule has 15 heavy (non-hydrogen) atoms. The van der Waals surface area contributed by atoms with Gasteiger partial charge < -0.3 is 19.1 Å². The van der Waals surface area contributed by atoms with E-state index in [0.717, 1.165) is 0 Å². The minimum absolute atomic E-state index is 0.0255. The maximum Gasteiger partial charge on any atom is 0.410 e. The molecule has 0 aliphatic carbocycles. The highest BCUT2D eigenvalue weighted by atomic mass is 16.7. The summed E-state index contributed by atoms with van der Waals surface area (Å²) in [4.78, 5) is 13.3. The molecule has 0 saturated carbocycles. The molecule has 1 amide bonds. The van der Waals surface area contributed by atoms with E-state index in [4.69, 9.17) is 14.2 Å². The molecular weight excluding hydrogens is 198 g/mol. The summed E-state index contributed by atoms with van der Waals surface area (Å²) >= 11 is 0. The van der Waals surface area contributed by atoms with E-state index in [0.29, 0.717) is 19.9 Å². The molecule has 2 atom stereocenters. The van der Waals surface area contributed by atoms with Gasteiger partial charge in [0.2, 0.25) is 0 Å². The predicted octanol–water partition coefficient (Wildman–Crippen LogP) is 0.979. The Morgan fingerprint density at radius 3 is 2.27 bits per heavy atom. The summed E-state index contributed by atoms with van der Waals surface area (Å²) in [7, 11) is 0. The second-order valence-corrected chi connectivity index (χ2v) is 4.91. The van der Waals surface area contributed by atoms with Crippen molar-refractivity contribution in [2.45, 2.75) is 38.6 Å². The van der Waals surface area contributed by atoms with Crippen molar-refractivity contribution in [3.05, 3.63) is 0 Å². The van der Waals surface area contributed by atoms with Gasteiger partial charge in [-0.2, -0.15) is 0 Å². The fraction of sp³-hybridized carbons (Fsp3) is 0.900. The molecule has 2 heterocycles. The maximum absolute atomic E-state index is 11.7. The summed E-state index contributed by atoms with van der Waals surface area (Å²) in [5.74, 6) is 0. The minimum atomic E-state index is -0.448. The lowest BCUT2D eigenvalue weighted by Gasteiger charge is -2.24. The largest absolute Gasteiger partial charge is 0.444 e. The van der Waals surface area contributed by atoms with Crippen molar-refractivity contribution >= 4 is 6.09 Å². The quantitative estimate of drug-likeness (QED) is 0.604. The van der Waals surface area contributed by atoms with Gasteiger partial charge in [0.1, 0.15) is 24.6 Å². The Labute approximate surface area is 89.3 Å². The third-order valence-corrected chi connectivity index (χ3v) is 2.43. The van der Waals surface area contributed by atoms with Gasteiger partial charge in [-0.15, -0.1) is 0 Å². The van der Waals surface area contributed by atoms with Crippen LogP contribution in [0.25, 0.3) is 0 Å². The first-order valence-corrected chi connectivity index (χ1v) is 5.17. The molecule has 0 radical (unpaired) electrons. The first-order valence-electron chi connectivity index (χ1n) is 5.17. The van der Waals surface area contributed by atoms with E-state index < -0.39 is 5.60 Å². The fourth-order valence-corrected chi connectivity index (χ4v) is 1.75. The molecule has 5 nitrogen and oxygen atoms in total. The Morgan fingerprint density at radius 1 is 1.27 bits per heavy atom. The van der Waals surface area contributed by atoms with Gasteiger partial charge >= 0.3 is 6.09 Å². The van der Waals surface area contributed by atoms with E-state index in [1.54, 1.807) is 4.90 Å². The van der Waals surface area contributed by atoms with Crippen LogP contribution >= 0.6 is 0 Å². The molecule has 2 fully saturated rings. The Balaban J connectivity index is 1.88. The summed E-state index contributed by atoms with van der Waals surface area (Å²) in [5.41, 5.74) is -0.448. The number of carbonyl (C=O) groups excluding carboxylic acids is 1. The van der Waals surface area contributed by atoms with Crippen LogP contribution in [0.1, 0.15) is 20.8 Å². The smallest absolute Gasteiger partial charge is 0.410 e. The van der Waals surface area contributed by atoms with Crippen LogP contribution in [0.5, 0.6) is 0 Å². The molecule has 0 aromatic heterocycles. The van der Waals surface area contributed by atoms with E-state index >= 15 is 0 Å². The van der Waals surface area contributed by atoms with E-state index in [1.165, 1.54) is 0 Å². The highest BCUT2D eigenvalue weighted by Crippen LogP contribution is 2.23. The van der Waals surface area contributed by atoms with E-state index in [2.05, 4.69) is 0 Å². The van der Waals surface area contributed by atoms with Crippen LogP contribution in [-0.4, -0.2) is 48.7 Å². The summed E-state index contributed by atoms with van der Waals surface area (Å²) in [6, 6.07) is 0. The molecule has 0 aromatic rings. The SMILES string of the molecule is CC(C)(C)OC(=O)N1CC2OCOC2C1. The fourth-order valence-electron chi connectivity index (χ4n) is 1.75. The monoisotopic (exact) mass is 215 g/mol. The number of rotatable bonds is 0. The molecule has 2 rings (SSSR count). The molecule has 86 valence electrons. The molecule has 2 aliphatic rings. The zero-order valence-corrected chi connectivity index (χ0v) is 9.36. The van der Waals surface area contributed by atoms with Crippen LogP contribution in [-0.2, 0) is 14.2 Å². The lowest BCUT2D eigenvalue weighted by atomic mass is 10.2. The first-order chi connectivity index (χ1) is 6.96. The molecule has 0 spiro atoms. The lowest BCUT2D eigenvalue weighted by molar-refractivity contribution is -0.00255. The van der Waals surface area contributed by atoms with Gasteiger partial charge in [-0.3, -0.25) is 0 Å². The Hall–Kier alpha value is -0.810. The Bertz CT molecular complexity index is 249. The average molecular weight is 215 g/mol. The topological polar surface area (TPSA) is 48.0 Å². The lowest BCUT2D eigenvalue weighted by Crippen LogP contribution is -2.36. The number of nitrogens with zero attached hydrogens (tertiary/aromatic N) is 1. The predicted molar refractivity (Wildman–Crippen MR) is 52.4 cm³/mol. The summed E-state index contributed by atoms with van der Waals surface area (Å²) in [6.45, 7) is 7.05. The summed E-state index contributed by atoms with van der Waals surface area (Å²) < 4.78 is 15.9. The molecule has 5 heteroatoms. The molecule has 2 saturated heterocycles. The van der Waals surface area contributed by atoms with Gasteiger partial charge in [0, 0.05) is 0 Å². The van der Waals surface area contributed by atoms with Crippen LogP contribution in [0.2, 0.25) is 0 Å². The number of ether oxygens (including phenoxy) is 3. The number of hydrogen-bond acceptors (Lipinski definition) is 4. The second-order valence-electron chi connectivity index (χ2n) is 4.91. The van der Waals surface area contributed by atoms with Crippen molar-refractivity contribution < 1.29 is 19.0 Å². The molecule has 0 aromatic carbocycles. The van der Waals surface area contributed by atoms with Crippen LogP contribution in [0.3, 0.4) is 0 Å². The normalized spacial score (nSPS) is 30.5. The van der Waals surface area contributed by atoms with Crippen molar-refractivity contribution in [3.63, 3.8) is 0 Å². The minimum Gasteiger partial charge on any atom is -0.444 e. The summed E-state index contributed by atoms with van der Waals surface area (Å²) in [5, 5.41) is 0. The number of likely N-dealkylation sites (tertiary alicyclic amines) is 1. The van der Waals surface area contributed by atoms with Gasteiger partial charge in [-0.25, -0.2) is 4.79 Å². The van der Waals surface area contributed by atoms with E-state index in [1.807, 2.05) is 20.8 Å². The molecule has 0 N–H and O–H groups in total. The summed E-state index contributed by atoms with van der Waals surface area (Å²) in [6.07, 6.45) is -0.237. The average Bonchev–Trinajstić information content (AvgIpc) is 2.56. The molecule has 2 unspecified atom stereocenters. The third-order valence-electron chi connectivity index (χ3n) is 2.43. The van der Waals surface area contributed by atoms with Crippen LogP contribution in [0.4, 0.5) is 4.79 Å². The van der Waals surface area contributed by atoms with Crippen molar-refractivity contribution in [2.24, 2.45) is 0 Å². The highest BCUT2D eigenvalue weighted by Gasteiger charge is 2.41. The van der Waals surface area contributed by atoms with Crippen LogP contribution in [0, 0.1) is 0 Å². The Kier molecular flexibility index (Phi) is 2.60. The number of fused-ring (bicyclic) bond motifs is 1. The zero-order chi connectivity index (χ0) is 11.1. The van der Waals surface area contributed by atoms with Gasteiger partial charge in [0.05, 0.1) is 13.1 Å². The van der Waals surface area contributed by atoms with Gasteiger partial charge in [-0.05, 0) is 20.8 Å². The van der Waals surface area contributed by atoms with E-state index in [9.17, 15) is 4.79 Å². The van der Waals surface area contributed by atoms with Crippen molar-refractivity contribution in [2.75, 3.05) is 19.9 Å². The van der Waals surface area contributed by atoms with Crippen molar-refractivity contribution in [1.82, 2.24) is 4.90 Å². The molecular formula is C10H17NO4. The van der Waals surface area contributed by atoms with E-state index in [-0.39, 0.29) is 18.3 Å².